The average molecular weight is 371 g/mol. The van der Waals surface area contributed by atoms with E-state index in [1.165, 1.54) is 18.4 Å². The van der Waals surface area contributed by atoms with Gasteiger partial charge in [-0.15, -0.1) is 0 Å². The molecule has 0 aromatic heterocycles. The van der Waals surface area contributed by atoms with Crippen LogP contribution in [0.15, 0.2) is 0 Å². The van der Waals surface area contributed by atoms with Crippen molar-refractivity contribution in [1.82, 2.24) is 4.90 Å². The quantitative estimate of drug-likeness (QED) is 0.691. The van der Waals surface area contributed by atoms with E-state index < -0.39 is 23.7 Å². The first kappa shape index (κ1) is 21.0. The largest absolute Gasteiger partial charge is 0.467 e. The van der Waals surface area contributed by atoms with Gasteiger partial charge < -0.3 is 18.9 Å². The molecule has 0 aromatic carbocycles. The Morgan fingerprint density at radius 3 is 2.58 bits per heavy atom. The zero-order chi connectivity index (χ0) is 19.3. The summed E-state index contributed by atoms with van der Waals surface area (Å²) in [5.74, 6) is 0.161. The Balaban J connectivity index is 1.98. The molecule has 0 radical (unpaired) electrons. The van der Waals surface area contributed by atoms with Gasteiger partial charge in [0.2, 0.25) is 0 Å². The Bertz CT molecular complexity index is 487. The van der Waals surface area contributed by atoms with Gasteiger partial charge in [-0.05, 0) is 33.1 Å². The molecule has 2 aliphatic rings. The number of amides is 1. The second-order valence-corrected chi connectivity index (χ2v) is 8.14. The number of ether oxygens (including phenoxy) is 4. The summed E-state index contributed by atoms with van der Waals surface area (Å²) < 4.78 is 22.1. The van der Waals surface area contributed by atoms with Crippen molar-refractivity contribution in [3.63, 3.8) is 0 Å². The lowest BCUT2D eigenvalue weighted by Crippen LogP contribution is -2.44. The lowest BCUT2D eigenvalue weighted by molar-refractivity contribution is -0.196. The summed E-state index contributed by atoms with van der Waals surface area (Å²) in [6.45, 7) is 8.57. The molecule has 0 aliphatic carbocycles. The molecule has 2 heterocycles. The van der Waals surface area contributed by atoms with Crippen LogP contribution in [0.2, 0.25) is 0 Å². The van der Waals surface area contributed by atoms with Crippen molar-refractivity contribution in [2.75, 3.05) is 20.3 Å². The Morgan fingerprint density at radius 2 is 1.96 bits per heavy atom. The molecule has 26 heavy (non-hydrogen) atoms. The summed E-state index contributed by atoms with van der Waals surface area (Å²) in [4.78, 5) is 26.0. The van der Waals surface area contributed by atoms with E-state index in [4.69, 9.17) is 18.9 Å². The van der Waals surface area contributed by atoms with Gasteiger partial charge in [0.1, 0.15) is 11.6 Å². The summed E-state index contributed by atoms with van der Waals surface area (Å²) in [5, 5.41) is 0. The fourth-order valence-electron chi connectivity index (χ4n) is 3.58. The van der Waals surface area contributed by atoms with Crippen molar-refractivity contribution in [1.29, 1.82) is 0 Å². The Labute approximate surface area is 156 Å². The summed E-state index contributed by atoms with van der Waals surface area (Å²) in [5.41, 5.74) is -0.628. The van der Waals surface area contributed by atoms with E-state index in [-0.39, 0.29) is 12.4 Å². The van der Waals surface area contributed by atoms with Crippen LogP contribution in [0.25, 0.3) is 0 Å². The van der Waals surface area contributed by atoms with Crippen LogP contribution in [0.1, 0.15) is 59.8 Å². The lowest BCUT2D eigenvalue weighted by atomic mass is 9.94. The van der Waals surface area contributed by atoms with Crippen LogP contribution in [0.4, 0.5) is 4.79 Å². The van der Waals surface area contributed by atoms with Crippen LogP contribution in [0.5, 0.6) is 0 Å². The zero-order valence-electron chi connectivity index (χ0n) is 16.7. The summed E-state index contributed by atoms with van der Waals surface area (Å²) in [6, 6.07) is -0.685. The Morgan fingerprint density at radius 1 is 1.23 bits per heavy atom. The van der Waals surface area contributed by atoms with Gasteiger partial charge in [-0.25, -0.2) is 9.59 Å². The second-order valence-electron chi connectivity index (χ2n) is 8.14. The summed E-state index contributed by atoms with van der Waals surface area (Å²) in [6.07, 6.45) is 3.57. The molecule has 0 spiro atoms. The number of likely N-dealkylation sites (tertiary alicyclic amines) is 1. The third-order valence-electron chi connectivity index (χ3n) is 4.76. The van der Waals surface area contributed by atoms with Crippen molar-refractivity contribution < 1.29 is 28.5 Å². The molecule has 7 heteroatoms. The van der Waals surface area contributed by atoms with Gasteiger partial charge in [0.05, 0.1) is 19.8 Å². The molecule has 7 nitrogen and oxygen atoms in total. The minimum Gasteiger partial charge on any atom is -0.467 e. The molecule has 2 unspecified atom stereocenters. The summed E-state index contributed by atoms with van der Waals surface area (Å²) in [7, 11) is 1.32. The number of rotatable bonds is 5. The molecule has 2 fully saturated rings. The first-order chi connectivity index (χ1) is 12.2. The molecule has 2 saturated heterocycles. The highest BCUT2D eigenvalue weighted by Gasteiger charge is 2.43. The molecule has 0 aromatic rings. The number of carbonyl (C=O) groups excluding carboxylic acids is 2. The van der Waals surface area contributed by atoms with Crippen LogP contribution >= 0.6 is 0 Å². The monoisotopic (exact) mass is 371 g/mol. The SMILES string of the molecule is CCCC1CCOC(O[C@@H]2C[C@@H](C(=O)OC)N(C(=O)OC(C)(C)C)C2)C1. The molecular formula is C19H33NO6. The van der Waals surface area contributed by atoms with Crippen molar-refractivity contribution in [2.45, 2.75) is 83.8 Å². The minimum absolute atomic E-state index is 0.267. The highest BCUT2D eigenvalue weighted by atomic mass is 16.7. The van der Waals surface area contributed by atoms with Gasteiger partial charge in [-0.3, -0.25) is 4.90 Å². The Hall–Kier alpha value is -1.34. The van der Waals surface area contributed by atoms with Crippen molar-refractivity contribution in [3.8, 4) is 0 Å². The fourth-order valence-corrected chi connectivity index (χ4v) is 3.58. The number of hydrogen-bond acceptors (Lipinski definition) is 6. The first-order valence-electron chi connectivity index (χ1n) is 9.58. The average Bonchev–Trinajstić information content (AvgIpc) is 2.97. The number of methoxy groups -OCH3 is 1. The zero-order valence-corrected chi connectivity index (χ0v) is 16.7. The normalized spacial score (nSPS) is 29.5. The number of nitrogens with zero attached hydrogens (tertiary/aromatic N) is 1. The molecular weight excluding hydrogens is 338 g/mol. The van der Waals surface area contributed by atoms with E-state index in [0.717, 1.165) is 19.3 Å². The van der Waals surface area contributed by atoms with Gasteiger partial charge >= 0.3 is 12.1 Å². The van der Waals surface area contributed by atoms with E-state index >= 15 is 0 Å². The van der Waals surface area contributed by atoms with Crippen molar-refractivity contribution in [2.24, 2.45) is 5.92 Å². The van der Waals surface area contributed by atoms with Gasteiger partial charge in [-0.2, -0.15) is 0 Å². The highest BCUT2D eigenvalue weighted by molar-refractivity contribution is 5.82. The van der Waals surface area contributed by atoms with Crippen molar-refractivity contribution in [3.05, 3.63) is 0 Å². The van der Waals surface area contributed by atoms with Crippen LogP contribution in [0, 0.1) is 5.92 Å². The van der Waals surface area contributed by atoms with Gasteiger partial charge in [0.25, 0.3) is 0 Å². The number of carbonyl (C=O) groups is 2. The molecule has 4 atom stereocenters. The minimum atomic E-state index is -0.685. The molecule has 150 valence electrons. The fraction of sp³-hybridized carbons (Fsp3) is 0.895. The van der Waals surface area contributed by atoms with E-state index in [2.05, 4.69) is 6.92 Å². The topological polar surface area (TPSA) is 74.3 Å². The maximum absolute atomic E-state index is 12.5. The third-order valence-corrected chi connectivity index (χ3v) is 4.76. The van der Waals surface area contributed by atoms with Crippen LogP contribution in [0.3, 0.4) is 0 Å². The molecule has 0 N–H and O–H groups in total. The van der Waals surface area contributed by atoms with Crippen LogP contribution in [-0.4, -0.2) is 61.3 Å². The van der Waals surface area contributed by atoms with Crippen LogP contribution < -0.4 is 0 Å². The predicted molar refractivity (Wildman–Crippen MR) is 95.6 cm³/mol. The smallest absolute Gasteiger partial charge is 0.411 e. The van der Waals surface area contributed by atoms with Gasteiger partial charge in [-0.1, -0.05) is 19.8 Å². The van der Waals surface area contributed by atoms with Gasteiger partial charge in [0, 0.05) is 19.4 Å². The highest BCUT2D eigenvalue weighted by Crippen LogP contribution is 2.29. The Kier molecular flexibility index (Phi) is 7.29. The van der Waals surface area contributed by atoms with Gasteiger partial charge in [0.15, 0.2) is 6.29 Å². The van der Waals surface area contributed by atoms with Crippen LogP contribution in [-0.2, 0) is 23.7 Å². The first-order valence-corrected chi connectivity index (χ1v) is 9.58. The van der Waals surface area contributed by atoms with E-state index in [0.29, 0.717) is 25.5 Å². The number of hydrogen-bond donors (Lipinski definition) is 0. The lowest BCUT2D eigenvalue weighted by Gasteiger charge is -2.31. The number of esters is 1. The summed E-state index contributed by atoms with van der Waals surface area (Å²) >= 11 is 0. The standard InChI is InChI=1S/C19H33NO6/c1-6-7-13-8-9-24-16(10-13)25-14-11-15(17(21)23-5)20(12-14)18(22)26-19(2,3)4/h13-16H,6-12H2,1-5H3/t13?,14-,15+,16?/m1/s1. The van der Waals surface area contributed by atoms with E-state index in [9.17, 15) is 9.59 Å². The molecule has 2 rings (SSSR count). The van der Waals surface area contributed by atoms with Crippen molar-refractivity contribution >= 4 is 12.1 Å². The maximum Gasteiger partial charge on any atom is 0.411 e. The van der Waals surface area contributed by atoms with E-state index in [1.807, 2.05) is 0 Å². The molecule has 0 saturated carbocycles. The predicted octanol–water partition coefficient (Wildman–Crippen LogP) is 3.11. The molecule has 2 aliphatic heterocycles. The third kappa shape index (κ3) is 5.84. The van der Waals surface area contributed by atoms with E-state index in [1.54, 1.807) is 20.8 Å². The molecule has 1 amide bonds. The second kappa shape index (κ2) is 9.04. The molecule has 0 bridgehead atoms. The maximum atomic E-state index is 12.5.